The van der Waals surface area contributed by atoms with Crippen LogP contribution in [0.4, 0.5) is 5.69 Å². The Hall–Kier alpha value is -2.41. The van der Waals surface area contributed by atoms with Crippen molar-refractivity contribution in [3.05, 3.63) is 46.8 Å². The zero-order valence-electron chi connectivity index (χ0n) is 16.0. The molecule has 1 amide bonds. The van der Waals surface area contributed by atoms with Gasteiger partial charge in [-0.15, -0.1) is 0 Å². The Labute approximate surface area is 164 Å². The van der Waals surface area contributed by atoms with Crippen LogP contribution in [-0.2, 0) is 4.79 Å². The number of rotatable bonds is 6. The third kappa shape index (κ3) is 5.53. The van der Waals surface area contributed by atoms with Crippen LogP contribution in [-0.4, -0.2) is 40.9 Å². The molecule has 1 fully saturated rings. The van der Waals surface area contributed by atoms with E-state index in [0.717, 1.165) is 35.6 Å². The van der Waals surface area contributed by atoms with E-state index in [2.05, 4.69) is 50.5 Å². The first-order chi connectivity index (χ1) is 13.0. The fourth-order valence-corrected chi connectivity index (χ4v) is 3.81. The molecule has 0 bridgehead atoms. The van der Waals surface area contributed by atoms with Crippen LogP contribution >= 0.6 is 11.8 Å². The molecule has 0 spiro atoms. The molecule has 0 saturated carbocycles. The molecular formula is C20H25N5OS. The zero-order valence-corrected chi connectivity index (χ0v) is 16.8. The van der Waals surface area contributed by atoms with Crippen molar-refractivity contribution in [3.63, 3.8) is 0 Å². The van der Waals surface area contributed by atoms with E-state index in [1.165, 1.54) is 30.3 Å². The number of hydrogen-bond donors (Lipinski definition) is 1. The Morgan fingerprint density at radius 1 is 1.19 bits per heavy atom. The predicted octanol–water partition coefficient (Wildman–Crippen LogP) is 3.24. The van der Waals surface area contributed by atoms with Crippen molar-refractivity contribution < 1.29 is 4.79 Å². The van der Waals surface area contributed by atoms with Crippen molar-refractivity contribution in [2.75, 3.05) is 23.7 Å². The van der Waals surface area contributed by atoms with Crippen LogP contribution in [0, 0.1) is 20.8 Å². The Bertz CT molecular complexity index is 826. The third-order valence-corrected chi connectivity index (χ3v) is 5.26. The molecule has 6 nitrogen and oxygen atoms in total. The summed E-state index contributed by atoms with van der Waals surface area (Å²) in [5, 5.41) is 4.70. The van der Waals surface area contributed by atoms with Gasteiger partial charge in [-0.1, -0.05) is 17.8 Å². The van der Waals surface area contributed by atoms with E-state index in [0.29, 0.717) is 5.16 Å². The second-order valence-electron chi connectivity index (χ2n) is 6.75. The molecule has 1 aromatic heterocycles. The maximum Gasteiger partial charge on any atom is 0.250 e. The van der Waals surface area contributed by atoms with Gasteiger partial charge in [-0.05, 0) is 62.9 Å². The van der Waals surface area contributed by atoms with Gasteiger partial charge in [0.2, 0.25) is 0 Å². The average molecular weight is 384 g/mol. The van der Waals surface area contributed by atoms with Gasteiger partial charge in [0, 0.05) is 30.2 Å². The number of amides is 1. The summed E-state index contributed by atoms with van der Waals surface area (Å²) < 4.78 is 0. The molecule has 1 saturated heterocycles. The van der Waals surface area contributed by atoms with Gasteiger partial charge in [-0.3, -0.25) is 4.79 Å². The highest BCUT2D eigenvalue weighted by Gasteiger charge is 2.12. The second kappa shape index (κ2) is 8.99. The molecule has 1 aromatic carbocycles. The first-order valence-electron chi connectivity index (χ1n) is 9.14. The van der Waals surface area contributed by atoms with Crippen LogP contribution in [0.25, 0.3) is 0 Å². The molecule has 0 radical (unpaired) electrons. The van der Waals surface area contributed by atoms with E-state index in [-0.39, 0.29) is 11.7 Å². The number of nitrogens with one attached hydrogen (secondary N) is 1. The van der Waals surface area contributed by atoms with Crippen molar-refractivity contribution >= 4 is 29.6 Å². The number of aryl methyl sites for hydroxylation is 3. The van der Waals surface area contributed by atoms with Crippen LogP contribution in [0.3, 0.4) is 0 Å². The number of anilines is 1. The molecule has 142 valence electrons. The van der Waals surface area contributed by atoms with E-state index >= 15 is 0 Å². The normalized spacial score (nSPS) is 14.1. The molecule has 1 N–H and O–H groups in total. The molecule has 0 aliphatic carbocycles. The Morgan fingerprint density at radius 2 is 1.89 bits per heavy atom. The summed E-state index contributed by atoms with van der Waals surface area (Å²) in [6.07, 6.45) is 4.22. The van der Waals surface area contributed by atoms with Crippen LogP contribution in [0.1, 0.15) is 35.4 Å². The summed E-state index contributed by atoms with van der Waals surface area (Å²) in [6, 6.07) is 8.26. The maximum atomic E-state index is 12.0. The van der Waals surface area contributed by atoms with Gasteiger partial charge >= 0.3 is 0 Å². The summed E-state index contributed by atoms with van der Waals surface area (Å²) in [4.78, 5) is 23.0. The van der Waals surface area contributed by atoms with Crippen molar-refractivity contribution in [3.8, 4) is 0 Å². The number of carbonyl (C=O) groups excluding carboxylic acids is 1. The van der Waals surface area contributed by atoms with Crippen LogP contribution in [0.5, 0.6) is 0 Å². The molecule has 1 aliphatic heterocycles. The Balaban J connectivity index is 1.51. The number of hydrogen-bond acceptors (Lipinski definition) is 6. The van der Waals surface area contributed by atoms with Crippen molar-refractivity contribution in [2.45, 2.75) is 38.8 Å². The SMILES string of the molecule is Cc1cc(C)nc(SCC(=O)N/N=C/c2ccc(N3CCCC3)cc2C)n1. The van der Waals surface area contributed by atoms with Gasteiger partial charge in [0.1, 0.15) is 0 Å². The van der Waals surface area contributed by atoms with Crippen LogP contribution < -0.4 is 10.3 Å². The Kier molecular flexibility index (Phi) is 6.45. The van der Waals surface area contributed by atoms with Crippen molar-refractivity contribution in [1.29, 1.82) is 0 Å². The molecule has 7 heteroatoms. The van der Waals surface area contributed by atoms with Gasteiger partial charge < -0.3 is 4.90 Å². The quantitative estimate of drug-likeness (QED) is 0.359. The molecule has 0 unspecified atom stereocenters. The zero-order chi connectivity index (χ0) is 19.2. The predicted molar refractivity (Wildman–Crippen MR) is 111 cm³/mol. The number of carbonyl (C=O) groups is 1. The second-order valence-corrected chi connectivity index (χ2v) is 7.69. The van der Waals surface area contributed by atoms with Gasteiger partial charge in [0.15, 0.2) is 5.16 Å². The Morgan fingerprint density at radius 3 is 2.56 bits per heavy atom. The topological polar surface area (TPSA) is 70.5 Å². The first kappa shape index (κ1) is 19.4. The lowest BCUT2D eigenvalue weighted by molar-refractivity contribution is -0.118. The summed E-state index contributed by atoms with van der Waals surface area (Å²) in [5.74, 6) is 0.0537. The summed E-state index contributed by atoms with van der Waals surface area (Å²) in [7, 11) is 0. The molecule has 3 rings (SSSR count). The maximum absolute atomic E-state index is 12.0. The average Bonchev–Trinajstić information content (AvgIpc) is 3.15. The van der Waals surface area contributed by atoms with Gasteiger partial charge in [0.05, 0.1) is 12.0 Å². The lowest BCUT2D eigenvalue weighted by atomic mass is 10.1. The largest absolute Gasteiger partial charge is 0.372 e. The van der Waals surface area contributed by atoms with Crippen LogP contribution in [0.15, 0.2) is 34.5 Å². The van der Waals surface area contributed by atoms with Gasteiger partial charge in [-0.25, -0.2) is 15.4 Å². The van der Waals surface area contributed by atoms with E-state index in [9.17, 15) is 4.79 Å². The minimum atomic E-state index is -0.176. The van der Waals surface area contributed by atoms with E-state index in [4.69, 9.17) is 0 Å². The number of thioether (sulfide) groups is 1. The minimum Gasteiger partial charge on any atom is -0.372 e. The summed E-state index contributed by atoms with van der Waals surface area (Å²) in [5.41, 5.74) is 7.78. The molecular weight excluding hydrogens is 358 g/mol. The fraction of sp³-hybridized carbons (Fsp3) is 0.400. The first-order valence-corrected chi connectivity index (χ1v) is 10.1. The molecule has 2 aromatic rings. The molecule has 2 heterocycles. The van der Waals surface area contributed by atoms with E-state index in [1.807, 2.05) is 19.9 Å². The summed E-state index contributed by atoms with van der Waals surface area (Å²) in [6.45, 7) is 8.16. The van der Waals surface area contributed by atoms with Gasteiger partial charge in [0.25, 0.3) is 5.91 Å². The van der Waals surface area contributed by atoms with Gasteiger partial charge in [-0.2, -0.15) is 5.10 Å². The highest BCUT2D eigenvalue weighted by Crippen LogP contribution is 2.22. The standard InChI is InChI=1S/C20H25N5OS/c1-14-10-18(25-8-4-5-9-25)7-6-17(14)12-21-24-19(26)13-27-20-22-15(2)11-16(3)23-20/h6-7,10-12H,4-5,8-9,13H2,1-3H3,(H,24,26)/b21-12+. The number of hydrazone groups is 1. The fourth-order valence-electron chi connectivity index (χ4n) is 3.07. The van der Waals surface area contributed by atoms with E-state index < -0.39 is 0 Å². The third-order valence-electron chi connectivity index (χ3n) is 4.41. The van der Waals surface area contributed by atoms with E-state index in [1.54, 1.807) is 6.21 Å². The minimum absolute atomic E-state index is 0.176. The highest BCUT2D eigenvalue weighted by molar-refractivity contribution is 7.99. The molecule has 27 heavy (non-hydrogen) atoms. The monoisotopic (exact) mass is 383 g/mol. The summed E-state index contributed by atoms with van der Waals surface area (Å²) >= 11 is 1.31. The van der Waals surface area contributed by atoms with Crippen molar-refractivity contribution in [2.24, 2.45) is 5.10 Å². The molecule has 0 atom stereocenters. The molecule has 1 aliphatic rings. The van der Waals surface area contributed by atoms with Crippen molar-refractivity contribution in [1.82, 2.24) is 15.4 Å². The lowest BCUT2D eigenvalue weighted by Crippen LogP contribution is -2.20. The number of nitrogens with zero attached hydrogens (tertiary/aromatic N) is 4. The lowest BCUT2D eigenvalue weighted by Gasteiger charge is -2.18. The number of aromatic nitrogens is 2. The van der Waals surface area contributed by atoms with Crippen LogP contribution in [0.2, 0.25) is 0 Å². The smallest absolute Gasteiger partial charge is 0.250 e. The number of benzene rings is 1. The highest BCUT2D eigenvalue weighted by atomic mass is 32.2.